The Bertz CT molecular complexity index is 499. The molecule has 1 heterocycles. The molecule has 0 saturated carbocycles. The normalized spacial score (nSPS) is 10.3. The number of benzene rings is 1. The Morgan fingerprint density at radius 1 is 1.38 bits per heavy atom. The number of hydrogen-bond acceptors (Lipinski definition) is 3. The molecule has 0 aliphatic rings. The smallest absolute Gasteiger partial charge is 0.309 e. The predicted molar refractivity (Wildman–Crippen MR) is 58.0 cm³/mol. The van der Waals surface area contributed by atoms with Crippen molar-refractivity contribution >= 4 is 5.97 Å². The third kappa shape index (κ3) is 2.28. The van der Waals surface area contributed by atoms with Gasteiger partial charge in [-0.15, -0.1) is 0 Å². The molecule has 0 saturated heterocycles. The minimum absolute atomic E-state index is 0.116. The highest BCUT2D eigenvalue weighted by molar-refractivity contribution is 5.69. The highest BCUT2D eigenvalue weighted by Crippen LogP contribution is 2.19. The molecular weight excluding hydrogens is 206 g/mol. The summed E-state index contributed by atoms with van der Waals surface area (Å²) in [5, 5.41) is 8.60. The van der Waals surface area contributed by atoms with Gasteiger partial charge in [0.1, 0.15) is 6.26 Å². The van der Waals surface area contributed by atoms with Crippen LogP contribution in [0.4, 0.5) is 0 Å². The molecule has 4 heteroatoms. The van der Waals surface area contributed by atoms with Crippen molar-refractivity contribution in [2.24, 2.45) is 0 Å². The number of aliphatic carboxylic acids is 1. The van der Waals surface area contributed by atoms with Gasteiger partial charge in [-0.3, -0.25) is 4.79 Å². The van der Waals surface area contributed by atoms with Gasteiger partial charge in [-0.2, -0.15) is 0 Å². The third-order valence-electron chi connectivity index (χ3n) is 2.18. The Hall–Kier alpha value is -2.10. The first-order valence-corrected chi connectivity index (χ1v) is 4.88. The Balaban J connectivity index is 2.24. The number of aromatic nitrogens is 1. The number of oxazole rings is 1. The summed E-state index contributed by atoms with van der Waals surface area (Å²) in [6.45, 7) is 2.00. The van der Waals surface area contributed by atoms with Crippen molar-refractivity contribution < 1.29 is 14.3 Å². The Labute approximate surface area is 92.6 Å². The number of carbonyl (C=O) groups is 1. The van der Waals surface area contributed by atoms with Gasteiger partial charge in [0, 0.05) is 5.56 Å². The first-order chi connectivity index (χ1) is 7.65. The van der Waals surface area contributed by atoms with E-state index in [0.29, 0.717) is 11.6 Å². The van der Waals surface area contributed by atoms with Crippen LogP contribution in [0, 0.1) is 6.92 Å². The zero-order valence-electron chi connectivity index (χ0n) is 8.80. The number of hydrogen-bond donors (Lipinski definition) is 1. The maximum Gasteiger partial charge on any atom is 0.309 e. The van der Waals surface area contributed by atoms with Crippen molar-refractivity contribution in [3.63, 3.8) is 0 Å². The molecular formula is C12H11NO3. The standard InChI is InChI=1S/C12H11NO3/c1-8-2-4-9(5-3-8)12-13-10(7-16-12)6-11(14)15/h2-5,7H,6H2,1H3,(H,14,15). The predicted octanol–water partition coefficient (Wildman–Crippen LogP) is 2.28. The first kappa shape index (κ1) is 10.4. The molecule has 0 atom stereocenters. The van der Waals surface area contributed by atoms with E-state index in [1.165, 1.54) is 6.26 Å². The van der Waals surface area contributed by atoms with Crippen LogP contribution in [0.1, 0.15) is 11.3 Å². The van der Waals surface area contributed by atoms with E-state index in [0.717, 1.165) is 11.1 Å². The molecule has 4 nitrogen and oxygen atoms in total. The number of aryl methyl sites for hydroxylation is 1. The molecule has 0 amide bonds. The van der Waals surface area contributed by atoms with Gasteiger partial charge >= 0.3 is 5.97 Å². The van der Waals surface area contributed by atoms with Crippen molar-refractivity contribution in [3.8, 4) is 11.5 Å². The molecule has 82 valence electrons. The average Bonchev–Trinajstić information content (AvgIpc) is 2.66. The fourth-order valence-electron chi connectivity index (χ4n) is 1.37. The number of rotatable bonds is 3. The topological polar surface area (TPSA) is 63.3 Å². The van der Waals surface area contributed by atoms with Crippen LogP contribution in [0.25, 0.3) is 11.5 Å². The zero-order valence-corrected chi connectivity index (χ0v) is 8.80. The van der Waals surface area contributed by atoms with Crippen LogP contribution in [-0.4, -0.2) is 16.1 Å². The molecule has 0 bridgehead atoms. The molecule has 2 aromatic rings. The summed E-state index contributed by atoms with van der Waals surface area (Å²) in [6, 6.07) is 7.70. The molecule has 0 aliphatic heterocycles. The van der Waals surface area contributed by atoms with E-state index in [9.17, 15) is 4.79 Å². The lowest BCUT2D eigenvalue weighted by Crippen LogP contribution is -1.99. The molecule has 1 aromatic carbocycles. The van der Waals surface area contributed by atoms with Gasteiger partial charge in [0.2, 0.25) is 5.89 Å². The fraction of sp³-hybridized carbons (Fsp3) is 0.167. The third-order valence-corrected chi connectivity index (χ3v) is 2.18. The molecule has 0 aliphatic carbocycles. The summed E-state index contributed by atoms with van der Waals surface area (Å²) in [5.41, 5.74) is 2.44. The van der Waals surface area contributed by atoms with Crippen LogP contribution in [0.3, 0.4) is 0 Å². The number of nitrogens with zero attached hydrogens (tertiary/aromatic N) is 1. The lowest BCUT2D eigenvalue weighted by molar-refractivity contribution is -0.136. The van der Waals surface area contributed by atoms with E-state index in [2.05, 4.69) is 4.98 Å². The number of carboxylic acid groups (broad SMARTS) is 1. The molecule has 1 N–H and O–H groups in total. The molecule has 16 heavy (non-hydrogen) atoms. The highest BCUT2D eigenvalue weighted by atomic mass is 16.4. The summed E-state index contributed by atoms with van der Waals surface area (Å²) in [4.78, 5) is 14.6. The maximum absolute atomic E-state index is 10.5. The van der Waals surface area contributed by atoms with E-state index >= 15 is 0 Å². The lowest BCUT2D eigenvalue weighted by Gasteiger charge is -1.95. The molecule has 2 rings (SSSR count). The summed E-state index contributed by atoms with van der Waals surface area (Å²) in [7, 11) is 0. The quantitative estimate of drug-likeness (QED) is 0.856. The van der Waals surface area contributed by atoms with E-state index in [1.54, 1.807) is 0 Å². The second-order valence-corrected chi connectivity index (χ2v) is 3.58. The Morgan fingerprint density at radius 3 is 2.69 bits per heavy atom. The van der Waals surface area contributed by atoms with Crippen molar-refractivity contribution in [2.75, 3.05) is 0 Å². The van der Waals surface area contributed by atoms with Crippen molar-refractivity contribution in [1.82, 2.24) is 4.98 Å². The van der Waals surface area contributed by atoms with Gasteiger partial charge in [-0.05, 0) is 19.1 Å². The summed E-state index contributed by atoms with van der Waals surface area (Å²) in [5.74, 6) is -0.458. The summed E-state index contributed by atoms with van der Waals surface area (Å²) < 4.78 is 5.22. The van der Waals surface area contributed by atoms with Gasteiger partial charge in [0.05, 0.1) is 12.1 Å². The Kier molecular flexibility index (Phi) is 2.72. The molecule has 0 unspecified atom stereocenters. The molecule has 0 spiro atoms. The van der Waals surface area contributed by atoms with Crippen LogP contribution in [0.15, 0.2) is 34.9 Å². The van der Waals surface area contributed by atoms with Crippen LogP contribution in [-0.2, 0) is 11.2 Å². The van der Waals surface area contributed by atoms with E-state index < -0.39 is 5.97 Å². The molecule has 0 radical (unpaired) electrons. The van der Waals surface area contributed by atoms with Crippen LogP contribution in [0.5, 0.6) is 0 Å². The largest absolute Gasteiger partial charge is 0.481 e. The van der Waals surface area contributed by atoms with Gasteiger partial charge in [0.25, 0.3) is 0 Å². The van der Waals surface area contributed by atoms with Crippen LogP contribution in [0.2, 0.25) is 0 Å². The van der Waals surface area contributed by atoms with Gasteiger partial charge < -0.3 is 9.52 Å². The minimum Gasteiger partial charge on any atom is -0.481 e. The van der Waals surface area contributed by atoms with Gasteiger partial charge in [-0.25, -0.2) is 4.98 Å². The lowest BCUT2D eigenvalue weighted by atomic mass is 10.1. The molecule has 0 fully saturated rings. The van der Waals surface area contributed by atoms with Crippen LogP contribution >= 0.6 is 0 Å². The Morgan fingerprint density at radius 2 is 2.06 bits per heavy atom. The van der Waals surface area contributed by atoms with Crippen molar-refractivity contribution in [1.29, 1.82) is 0 Å². The highest BCUT2D eigenvalue weighted by Gasteiger charge is 2.08. The van der Waals surface area contributed by atoms with Crippen molar-refractivity contribution in [2.45, 2.75) is 13.3 Å². The maximum atomic E-state index is 10.5. The summed E-state index contributed by atoms with van der Waals surface area (Å²) in [6.07, 6.45) is 1.26. The van der Waals surface area contributed by atoms with E-state index in [1.807, 2.05) is 31.2 Å². The average molecular weight is 217 g/mol. The van der Waals surface area contributed by atoms with E-state index in [4.69, 9.17) is 9.52 Å². The van der Waals surface area contributed by atoms with Crippen LogP contribution < -0.4 is 0 Å². The minimum atomic E-state index is -0.913. The zero-order chi connectivity index (χ0) is 11.5. The molecule has 1 aromatic heterocycles. The second kappa shape index (κ2) is 4.18. The SMILES string of the molecule is Cc1ccc(-c2nc(CC(=O)O)co2)cc1. The summed E-state index contributed by atoms with van der Waals surface area (Å²) >= 11 is 0. The number of carboxylic acids is 1. The van der Waals surface area contributed by atoms with E-state index in [-0.39, 0.29) is 6.42 Å². The first-order valence-electron chi connectivity index (χ1n) is 4.88. The van der Waals surface area contributed by atoms with Gasteiger partial charge in [-0.1, -0.05) is 17.7 Å². The fourth-order valence-corrected chi connectivity index (χ4v) is 1.37. The second-order valence-electron chi connectivity index (χ2n) is 3.58. The van der Waals surface area contributed by atoms with Crippen molar-refractivity contribution in [3.05, 3.63) is 41.8 Å². The van der Waals surface area contributed by atoms with Gasteiger partial charge in [0.15, 0.2) is 0 Å². The monoisotopic (exact) mass is 217 g/mol.